The number of anilines is 1. The summed E-state index contributed by atoms with van der Waals surface area (Å²) in [5.74, 6) is 0.728. The van der Waals surface area contributed by atoms with Gasteiger partial charge in [-0.15, -0.1) is 0 Å². The highest BCUT2D eigenvalue weighted by atomic mass is 32.2. The van der Waals surface area contributed by atoms with E-state index < -0.39 is 10.0 Å². The lowest BCUT2D eigenvalue weighted by Gasteiger charge is -2.38. The average molecular weight is 584 g/mol. The normalized spacial score (nSPS) is 15.1. The van der Waals surface area contributed by atoms with E-state index in [1.807, 2.05) is 51.4 Å². The fraction of sp³-hybridized carbons (Fsp3) is 0.531. The van der Waals surface area contributed by atoms with Crippen LogP contribution in [0.4, 0.5) is 10.2 Å². The van der Waals surface area contributed by atoms with Gasteiger partial charge in [-0.25, -0.2) is 17.5 Å². The van der Waals surface area contributed by atoms with Gasteiger partial charge in [-0.2, -0.15) is 9.40 Å². The van der Waals surface area contributed by atoms with E-state index in [1.165, 1.54) is 12.1 Å². The quantitative estimate of drug-likeness (QED) is 0.299. The van der Waals surface area contributed by atoms with Crippen molar-refractivity contribution in [3.8, 4) is 5.69 Å². The Balaban J connectivity index is 1.86. The molecule has 2 heterocycles. The topological polar surface area (TPSA) is 61.7 Å². The molecule has 1 fully saturated rings. The second-order valence-corrected chi connectivity index (χ2v) is 13.9. The first-order valence-corrected chi connectivity index (χ1v) is 16.2. The number of hydrogen-bond acceptors (Lipinski definition) is 5. The molecule has 0 amide bonds. The van der Waals surface area contributed by atoms with Crippen molar-refractivity contribution >= 4 is 15.8 Å². The molecule has 3 aromatic rings. The third-order valence-electron chi connectivity index (χ3n) is 7.90. The van der Waals surface area contributed by atoms with Gasteiger partial charge in [0, 0.05) is 50.9 Å². The third-order valence-corrected chi connectivity index (χ3v) is 10.0. The van der Waals surface area contributed by atoms with Crippen LogP contribution in [-0.4, -0.2) is 66.2 Å². The molecule has 0 bridgehead atoms. The number of aromatic nitrogens is 2. The van der Waals surface area contributed by atoms with Crippen LogP contribution in [0.1, 0.15) is 62.6 Å². The van der Waals surface area contributed by atoms with Gasteiger partial charge in [-0.05, 0) is 82.3 Å². The highest BCUT2D eigenvalue weighted by Gasteiger charge is 2.33. The number of aryl methyl sites for hydroxylation is 4. The lowest BCUT2D eigenvalue weighted by atomic mass is 10.1. The summed E-state index contributed by atoms with van der Waals surface area (Å²) in [6.45, 7) is 20.3. The van der Waals surface area contributed by atoms with Gasteiger partial charge in [-0.3, -0.25) is 4.90 Å². The molecule has 224 valence electrons. The monoisotopic (exact) mass is 583 g/mol. The van der Waals surface area contributed by atoms with E-state index >= 15 is 0 Å². The van der Waals surface area contributed by atoms with Crippen LogP contribution in [0.15, 0.2) is 41.3 Å². The van der Waals surface area contributed by atoms with Crippen LogP contribution in [0.2, 0.25) is 0 Å². The Kier molecular flexibility index (Phi) is 9.61. The minimum absolute atomic E-state index is 0.131. The molecule has 0 radical (unpaired) electrons. The predicted molar refractivity (Wildman–Crippen MR) is 165 cm³/mol. The molecule has 0 atom stereocenters. The summed E-state index contributed by atoms with van der Waals surface area (Å²) in [6.07, 6.45) is 0.653. The fourth-order valence-electron chi connectivity index (χ4n) is 6.00. The summed E-state index contributed by atoms with van der Waals surface area (Å²) in [6, 6.07) is 10.7. The van der Waals surface area contributed by atoms with Crippen molar-refractivity contribution < 1.29 is 12.8 Å². The number of nitrogens with zero attached hydrogens (tertiary/aromatic N) is 5. The molecule has 1 saturated heterocycles. The molecule has 0 unspecified atom stereocenters. The molecule has 0 N–H and O–H groups in total. The lowest BCUT2D eigenvalue weighted by molar-refractivity contribution is 0.208. The van der Waals surface area contributed by atoms with Gasteiger partial charge in [0.1, 0.15) is 11.6 Å². The molecule has 1 aliphatic rings. The Bertz CT molecular complexity index is 1430. The Hall–Kier alpha value is -2.75. The molecule has 41 heavy (non-hydrogen) atoms. The van der Waals surface area contributed by atoms with Gasteiger partial charge in [0.05, 0.1) is 16.3 Å². The van der Waals surface area contributed by atoms with E-state index in [0.717, 1.165) is 65.6 Å². The second-order valence-electron chi connectivity index (χ2n) is 12.0. The number of hydrogen-bond donors (Lipinski definition) is 0. The number of benzene rings is 2. The smallest absolute Gasteiger partial charge is 0.243 e. The SMILES string of the molecule is CCc1nn(-c2ccc(F)cc2)c(N2CCN(C(C)C)CC2)c1CN(CC(C)C)S(=O)(=O)c1c(C)cc(C)cc1C. The Morgan fingerprint density at radius 3 is 2.05 bits per heavy atom. The average Bonchev–Trinajstić information content (AvgIpc) is 3.26. The Morgan fingerprint density at radius 1 is 0.951 bits per heavy atom. The summed E-state index contributed by atoms with van der Waals surface area (Å²) < 4.78 is 46.2. The fourth-order valence-corrected chi connectivity index (χ4v) is 7.99. The molecule has 4 rings (SSSR count). The first-order valence-electron chi connectivity index (χ1n) is 14.8. The molecular weight excluding hydrogens is 537 g/mol. The van der Waals surface area contributed by atoms with Crippen molar-refractivity contribution in [3.05, 3.63) is 70.2 Å². The zero-order valence-corrected chi connectivity index (χ0v) is 26.7. The first-order chi connectivity index (χ1) is 19.3. The number of sulfonamides is 1. The van der Waals surface area contributed by atoms with Crippen molar-refractivity contribution in [1.29, 1.82) is 0 Å². The molecule has 0 aliphatic carbocycles. The predicted octanol–water partition coefficient (Wildman–Crippen LogP) is 5.88. The molecule has 1 aliphatic heterocycles. The van der Waals surface area contributed by atoms with E-state index in [-0.39, 0.29) is 18.3 Å². The van der Waals surface area contributed by atoms with Crippen molar-refractivity contribution in [2.75, 3.05) is 37.6 Å². The highest BCUT2D eigenvalue weighted by molar-refractivity contribution is 7.89. The molecule has 0 spiro atoms. The number of piperazine rings is 1. The van der Waals surface area contributed by atoms with E-state index in [0.29, 0.717) is 23.9 Å². The summed E-state index contributed by atoms with van der Waals surface area (Å²) in [5.41, 5.74) is 5.11. The van der Waals surface area contributed by atoms with Gasteiger partial charge < -0.3 is 4.90 Å². The molecule has 0 saturated carbocycles. The molecule has 2 aromatic carbocycles. The van der Waals surface area contributed by atoms with Gasteiger partial charge in [0.25, 0.3) is 0 Å². The van der Waals surface area contributed by atoms with E-state index in [1.54, 1.807) is 16.4 Å². The maximum absolute atomic E-state index is 14.4. The number of halogens is 1. The minimum Gasteiger partial charge on any atom is -0.354 e. The minimum atomic E-state index is -3.81. The van der Waals surface area contributed by atoms with E-state index in [4.69, 9.17) is 5.10 Å². The van der Waals surface area contributed by atoms with Gasteiger partial charge >= 0.3 is 0 Å². The van der Waals surface area contributed by atoms with Crippen LogP contribution < -0.4 is 4.90 Å². The molecule has 9 heteroatoms. The van der Waals surface area contributed by atoms with E-state index in [2.05, 4.69) is 30.6 Å². The largest absolute Gasteiger partial charge is 0.354 e. The van der Waals surface area contributed by atoms with Crippen LogP contribution in [0.5, 0.6) is 0 Å². The van der Waals surface area contributed by atoms with Gasteiger partial charge in [0.15, 0.2) is 0 Å². The van der Waals surface area contributed by atoms with Crippen LogP contribution in [0, 0.1) is 32.5 Å². The summed E-state index contributed by atoms with van der Waals surface area (Å²) >= 11 is 0. The third kappa shape index (κ3) is 6.68. The molecule has 1 aromatic heterocycles. The van der Waals surface area contributed by atoms with Crippen molar-refractivity contribution in [2.24, 2.45) is 5.92 Å². The summed E-state index contributed by atoms with van der Waals surface area (Å²) in [5, 5.41) is 5.01. The second kappa shape index (κ2) is 12.6. The number of rotatable bonds is 10. The maximum atomic E-state index is 14.4. The molecular formula is C32H46FN5O2S. The van der Waals surface area contributed by atoms with Crippen molar-refractivity contribution in [3.63, 3.8) is 0 Å². The van der Waals surface area contributed by atoms with E-state index in [9.17, 15) is 12.8 Å². The Morgan fingerprint density at radius 2 is 1.54 bits per heavy atom. The Labute approximate surface area is 246 Å². The van der Waals surface area contributed by atoms with Crippen molar-refractivity contribution in [2.45, 2.75) is 79.3 Å². The zero-order chi connectivity index (χ0) is 30.1. The standard InChI is InChI=1S/C32H46FN5O2S/c1-9-30-29(21-37(20-22(2)3)41(39,40)31-25(7)18-24(6)19-26(31)8)32(36-16-14-35(15-17-36)23(4)5)38(34-30)28-12-10-27(33)11-13-28/h10-13,18-19,22-23H,9,14-17,20-21H2,1-8H3. The highest BCUT2D eigenvalue weighted by Crippen LogP contribution is 2.34. The van der Waals surface area contributed by atoms with Gasteiger partial charge in [0.2, 0.25) is 10.0 Å². The van der Waals surface area contributed by atoms with Crippen molar-refractivity contribution in [1.82, 2.24) is 19.0 Å². The lowest BCUT2D eigenvalue weighted by Crippen LogP contribution is -2.49. The summed E-state index contributed by atoms with van der Waals surface area (Å²) in [4.78, 5) is 5.17. The first kappa shape index (κ1) is 31.2. The molecule has 7 nitrogen and oxygen atoms in total. The zero-order valence-electron chi connectivity index (χ0n) is 25.9. The van der Waals surface area contributed by atoms with Gasteiger partial charge in [-0.1, -0.05) is 38.5 Å². The van der Waals surface area contributed by atoms with Crippen LogP contribution >= 0.6 is 0 Å². The van der Waals surface area contributed by atoms with Crippen LogP contribution in [0.3, 0.4) is 0 Å². The van der Waals surface area contributed by atoms with Crippen LogP contribution in [-0.2, 0) is 23.0 Å². The maximum Gasteiger partial charge on any atom is 0.243 e. The van der Waals surface area contributed by atoms with Crippen LogP contribution in [0.25, 0.3) is 5.69 Å². The summed E-state index contributed by atoms with van der Waals surface area (Å²) in [7, 11) is -3.81.